The fraction of sp³-hybridized carbons (Fsp3) is 0.600. The van der Waals surface area contributed by atoms with E-state index in [1.165, 1.54) is 0 Å². The van der Waals surface area contributed by atoms with Crippen LogP contribution < -0.4 is 10.1 Å². The van der Waals surface area contributed by atoms with Crippen molar-refractivity contribution in [2.24, 2.45) is 0 Å². The van der Waals surface area contributed by atoms with E-state index in [1.807, 2.05) is 31.2 Å². The van der Waals surface area contributed by atoms with Gasteiger partial charge in [0.25, 0.3) is 0 Å². The number of methoxy groups -OCH3 is 1. The molecular weight excluding hydrogens is 242 g/mol. The SMILES string of the molecule is COCCNCC(C)(O)c1ccc(OC2CC2)cc1. The second-order valence-corrected chi connectivity index (χ2v) is 5.29. The summed E-state index contributed by atoms with van der Waals surface area (Å²) in [6, 6.07) is 7.71. The van der Waals surface area contributed by atoms with E-state index in [-0.39, 0.29) is 0 Å². The topological polar surface area (TPSA) is 50.7 Å². The van der Waals surface area contributed by atoms with Gasteiger partial charge >= 0.3 is 0 Å². The van der Waals surface area contributed by atoms with Gasteiger partial charge in [0.05, 0.1) is 18.3 Å². The molecular formula is C15H23NO3. The lowest BCUT2D eigenvalue weighted by Crippen LogP contribution is -2.36. The van der Waals surface area contributed by atoms with Crippen molar-refractivity contribution in [3.8, 4) is 5.75 Å². The second-order valence-electron chi connectivity index (χ2n) is 5.29. The molecule has 0 aliphatic heterocycles. The summed E-state index contributed by atoms with van der Waals surface area (Å²) < 4.78 is 10.7. The zero-order valence-electron chi connectivity index (χ0n) is 11.7. The highest BCUT2D eigenvalue weighted by molar-refractivity contribution is 5.31. The van der Waals surface area contributed by atoms with Crippen molar-refractivity contribution in [2.45, 2.75) is 31.5 Å². The van der Waals surface area contributed by atoms with Gasteiger partial charge in [0, 0.05) is 20.2 Å². The average molecular weight is 265 g/mol. The Hall–Kier alpha value is -1.10. The van der Waals surface area contributed by atoms with Crippen LogP contribution in [0.25, 0.3) is 0 Å². The number of hydrogen-bond acceptors (Lipinski definition) is 4. The van der Waals surface area contributed by atoms with Gasteiger partial charge in [-0.1, -0.05) is 12.1 Å². The van der Waals surface area contributed by atoms with Crippen molar-refractivity contribution in [3.05, 3.63) is 29.8 Å². The van der Waals surface area contributed by atoms with Gasteiger partial charge in [-0.25, -0.2) is 0 Å². The Bertz CT molecular complexity index is 385. The lowest BCUT2D eigenvalue weighted by molar-refractivity contribution is 0.0549. The van der Waals surface area contributed by atoms with Crippen LogP contribution in [0.3, 0.4) is 0 Å². The van der Waals surface area contributed by atoms with Crippen molar-refractivity contribution >= 4 is 0 Å². The lowest BCUT2D eigenvalue weighted by atomic mass is 9.96. The maximum Gasteiger partial charge on any atom is 0.119 e. The first-order valence-electron chi connectivity index (χ1n) is 6.81. The van der Waals surface area contributed by atoms with E-state index in [4.69, 9.17) is 9.47 Å². The molecule has 4 nitrogen and oxygen atoms in total. The quantitative estimate of drug-likeness (QED) is 0.702. The molecule has 1 aliphatic rings. The Labute approximate surface area is 114 Å². The first kappa shape index (κ1) is 14.3. The molecule has 106 valence electrons. The molecule has 0 radical (unpaired) electrons. The number of ether oxygens (including phenoxy) is 2. The van der Waals surface area contributed by atoms with Crippen molar-refractivity contribution in [1.29, 1.82) is 0 Å². The number of benzene rings is 1. The highest BCUT2D eigenvalue weighted by atomic mass is 16.5. The van der Waals surface area contributed by atoms with Gasteiger partial charge in [-0.2, -0.15) is 0 Å². The van der Waals surface area contributed by atoms with Crippen LogP contribution in [0.5, 0.6) is 5.75 Å². The molecule has 1 aromatic carbocycles. The molecule has 0 heterocycles. The van der Waals surface area contributed by atoms with Crippen LogP contribution in [0.1, 0.15) is 25.3 Å². The third-order valence-corrected chi connectivity index (χ3v) is 3.26. The highest BCUT2D eigenvalue weighted by Crippen LogP contribution is 2.28. The molecule has 1 aromatic rings. The third-order valence-electron chi connectivity index (χ3n) is 3.26. The summed E-state index contributed by atoms with van der Waals surface area (Å²) in [7, 11) is 1.67. The molecule has 1 fully saturated rings. The van der Waals surface area contributed by atoms with Gasteiger partial charge in [0.2, 0.25) is 0 Å². The zero-order valence-corrected chi connectivity index (χ0v) is 11.7. The van der Waals surface area contributed by atoms with E-state index in [0.717, 1.165) is 30.7 Å². The van der Waals surface area contributed by atoms with E-state index in [0.29, 0.717) is 19.3 Å². The van der Waals surface area contributed by atoms with E-state index < -0.39 is 5.60 Å². The molecule has 0 saturated heterocycles. The van der Waals surface area contributed by atoms with Gasteiger partial charge in [0.1, 0.15) is 5.75 Å². The molecule has 1 unspecified atom stereocenters. The maximum atomic E-state index is 10.4. The molecule has 1 atom stereocenters. The summed E-state index contributed by atoms with van der Waals surface area (Å²) in [6.07, 6.45) is 2.72. The van der Waals surface area contributed by atoms with Crippen LogP contribution in [0, 0.1) is 0 Å². The number of rotatable bonds is 8. The van der Waals surface area contributed by atoms with Crippen LogP contribution in [-0.2, 0) is 10.3 Å². The molecule has 4 heteroatoms. The van der Waals surface area contributed by atoms with Gasteiger partial charge in [-0.05, 0) is 37.5 Å². The van der Waals surface area contributed by atoms with E-state index in [9.17, 15) is 5.11 Å². The van der Waals surface area contributed by atoms with Crippen LogP contribution in [-0.4, -0.2) is 38.0 Å². The van der Waals surface area contributed by atoms with Crippen LogP contribution >= 0.6 is 0 Å². The standard InChI is InChI=1S/C15H23NO3/c1-15(17,11-16-9-10-18-2)12-3-5-13(6-4-12)19-14-7-8-14/h3-6,14,16-17H,7-11H2,1-2H3. The largest absolute Gasteiger partial charge is 0.490 e. The summed E-state index contributed by atoms with van der Waals surface area (Å²) in [5.74, 6) is 0.884. The summed E-state index contributed by atoms with van der Waals surface area (Å²) in [4.78, 5) is 0. The highest BCUT2D eigenvalue weighted by Gasteiger charge is 2.25. The van der Waals surface area contributed by atoms with Crippen molar-refractivity contribution in [2.75, 3.05) is 26.8 Å². The van der Waals surface area contributed by atoms with Gasteiger partial charge in [-0.15, -0.1) is 0 Å². The second kappa shape index (κ2) is 6.37. The molecule has 1 aliphatic carbocycles. The van der Waals surface area contributed by atoms with Crippen LogP contribution in [0.4, 0.5) is 0 Å². The van der Waals surface area contributed by atoms with E-state index in [2.05, 4.69) is 5.32 Å². The van der Waals surface area contributed by atoms with Crippen LogP contribution in [0.2, 0.25) is 0 Å². The summed E-state index contributed by atoms with van der Waals surface area (Å²) >= 11 is 0. The first-order valence-corrected chi connectivity index (χ1v) is 6.81. The first-order chi connectivity index (χ1) is 9.12. The third kappa shape index (κ3) is 4.49. The fourth-order valence-corrected chi connectivity index (χ4v) is 1.88. The minimum absolute atomic E-state index is 0.405. The minimum Gasteiger partial charge on any atom is -0.490 e. The zero-order chi connectivity index (χ0) is 13.7. The van der Waals surface area contributed by atoms with Gasteiger partial charge < -0.3 is 19.9 Å². The van der Waals surface area contributed by atoms with E-state index in [1.54, 1.807) is 7.11 Å². The fourth-order valence-electron chi connectivity index (χ4n) is 1.88. The summed E-state index contributed by atoms with van der Waals surface area (Å²) in [5.41, 5.74) is 0.00633. The van der Waals surface area contributed by atoms with Gasteiger partial charge in [-0.3, -0.25) is 0 Å². The number of nitrogens with one attached hydrogen (secondary N) is 1. The average Bonchev–Trinajstić information content (AvgIpc) is 3.19. The number of hydrogen-bond donors (Lipinski definition) is 2. The lowest BCUT2D eigenvalue weighted by Gasteiger charge is -2.24. The Balaban J connectivity index is 1.87. The molecule has 0 bridgehead atoms. The predicted octanol–water partition coefficient (Wildman–Crippen LogP) is 1.67. The van der Waals surface area contributed by atoms with Crippen molar-refractivity contribution in [1.82, 2.24) is 5.32 Å². The molecule has 2 N–H and O–H groups in total. The van der Waals surface area contributed by atoms with E-state index >= 15 is 0 Å². The number of aliphatic hydroxyl groups is 1. The monoisotopic (exact) mass is 265 g/mol. The Kier molecular flexibility index (Phi) is 4.80. The Morgan fingerprint density at radius 1 is 1.32 bits per heavy atom. The molecule has 2 rings (SSSR count). The molecule has 0 amide bonds. The summed E-state index contributed by atoms with van der Waals surface area (Å²) in [6.45, 7) is 3.68. The predicted molar refractivity (Wildman–Crippen MR) is 74.4 cm³/mol. The van der Waals surface area contributed by atoms with Crippen molar-refractivity contribution in [3.63, 3.8) is 0 Å². The Morgan fingerprint density at radius 3 is 2.58 bits per heavy atom. The Morgan fingerprint density at radius 2 is 2.00 bits per heavy atom. The minimum atomic E-state index is -0.883. The van der Waals surface area contributed by atoms with Crippen molar-refractivity contribution < 1.29 is 14.6 Å². The molecule has 0 aromatic heterocycles. The maximum absolute atomic E-state index is 10.4. The normalized spacial score (nSPS) is 18.1. The molecule has 1 saturated carbocycles. The summed E-state index contributed by atoms with van der Waals surface area (Å²) in [5, 5.41) is 13.6. The van der Waals surface area contributed by atoms with Crippen LogP contribution in [0.15, 0.2) is 24.3 Å². The van der Waals surface area contributed by atoms with Gasteiger partial charge in [0.15, 0.2) is 0 Å². The molecule has 19 heavy (non-hydrogen) atoms. The molecule has 0 spiro atoms. The smallest absolute Gasteiger partial charge is 0.119 e.